The van der Waals surface area contributed by atoms with Crippen LogP contribution in [0.2, 0.25) is 0 Å². The summed E-state index contributed by atoms with van der Waals surface area (Å²) in [5, 5.41) is 39.0. The van der Waals surface area contributed by atoms with Gasteiger partial charge in [-0.25, -0.2) is 5.26 Å². The van der Waals surface area contributed by atoms with Gasteiger partial charge in [0.25, 0.3) is 10.1 Å². The Kier molecular flexibility index (Phi) is 16.4. The highest BCUT2D eigenvalue weighted by Gasteiger charge is 2.34. The normalized spacial score (nSPS) is 20.0. The van der Waals surface area contributed by atoms with Crippen LogP contribution >= 0.6 is 12.0 Å². The molecule has 392 valence electrons. The Bertz CT molecular complexity index is 2650. The molecule has 72 heavy (non-hydrogen) atoms. The maximum absolute atomic E-state index is 13.0. The highest BCUT2D eigenvalue weighted by atomic mass is 32.2. The van der Waals surface area contributed by atoms with E-state index >= 15 is 0 Å². The first-order chi connectivity index (χ1) is 34.2. The fourth-order valence-corrected chi connectivity index (χ4v) is 10.5. The minimum absolute atomic E-state index is 0.112. The number of piperazine rings is 4. The van der Waals surface area contributed by atoms with Crippen LogP contribution in [-0.4, -0.2) is 250 Å². The lowest BCUT2D eigenvalue weighted by atomic mass is 10.1. The molecule has 4 aliphatic heterocycles. The van der Waals surface area contributed by atoms with Gasteiger partial charge in [-0.2, -0.15) is 38.3 Å². The van der Waals surface area contributed by atoms with Crippen molar-refractivity contribution >= 4 is 81.4 Å². The van der Waals surface area contributed by atoms with Crippen molar-refractivity contribution in [1.29, 1.82) is 0 Å². The zero-order chi connectivity index (χ0) is 51.3. The largest absolute Gasteiger partial charge is 0.391 e. The number of anilines is 8. The SMILES string of the molecule is C[N+]1(C)CCN(c2nc(Nc3ccc(C=Cc4ccc(Nc5nc(N6CC[N+](C)(C)CC6)nc(N6CC[N+](C)(CCO)CC6)n5)cc4S(=O)(=O)O)c(SOOO)c3)nc(N3CC[N+](C)(CCO)CC3)n2)CC1. The van der Waals surface area contributed by atoms with Gasteiger partial charge in [-0.05, 0) is 35.4 Å². The molecule has 26 heteroatoms. The van der Waals surface area contributed by atoms with Gasteiger partial charge in [0.05, 0.1) is 172 Å². The topological polar surface area (TPSA) is 248 Å². The van der Waals surface area contributed by atoms with Gasteiger partial charge in [0.15, 0.2) is 0 Å². The fraction of sp³-hybridized carbons (Fsp3) is 0.565. The second-order valence-electron chi connectivity index (χ2n) is 21.0. The van der Waals surface area contributed by atoms with Crippen molar-refractivity contribution in [2.75, 3.05) is 204 Å². The van der Waals surface area contributed by atoms with E-state index in [1.807, 2.05) is 0 Å². The predicted molar refractivity (Wildman–Crippen MR) is 277 cm³/mol. The number of benzene rings is 2. The maximum Gasteiger partial charge on any atom is 0.295 e. The summed E-state index contributed by atoms with van der Waals surface area (Å²) in [5.74, 6) is 2.72. The third-order valence-corrected chi connectivity index (χ3v) is 16.2. The van der Waals surface area contributed by atoms with E-state index in [-0.39, 0.29) is 29.6 Å². The minimum atomic E-state index is -4.75. The molecule has 8 rings (SSSR count). The Morgan fingerprint density at radius 1 is 0.583 bits per heavy atom. The summed E-state index contributed by atoms with van der Waals surface area (Å²) in [7, 11) is 8.37. The molecule has 6 heterocycles. The van der Waals surface area contributed by atoms with Crippen molar-refractivity contribution < 1.29 is 55.7 Å². The number of hydrogen-bond acceptors (Lipinski definition) is 20. The number of rotatable bonds is 18. The molecule has 4 aromatic rings. The van der Waals surface area contributed by atoms with Crippen LogP contribution in [0.3, 0.4) is 0 Å². The lowest BCUT2D eigenvalue weighted by molar-refractivity contribution is -0.910. The molecule has 0 amide bonds. The molecule has 4 saturated heterocycles. The molecular formula is C46H72N16O8S2+4. The number of likely N-dealkylation sites (N-methyl/N-ethyl adjacent to an activating group) is 4. The van der Waals surface area contributed by atoms with Gasteiger partial charge in [0, 0.05) is 16.3 Å². The van der Waals surface area contributed by atoms with E-state index < -0.39 is 10.1 Å². The molecule has 6 N–H and O–H groups in total. The summed E-state index contributed by atoms with van der Waals surface area (Å²) >= 11 is 0.730. The zero-order valence-electron chi connectivity index (χ0n) is 42.3. The number of nitrogens with zero attached hydrogens (tertiary/aromatic N) is 14. The van der Waals surface area contributed by atoms with Crippen molar-refractivity contribution in [1.82, 2.24) is 29.9 Å². The van der Waals surface area contributed by atoms with E-state index in [0.29, 0.717) is 90.8 Å². The second kappa shape index (κ2) is 22.2. The molecule has 24 nitrogen and oxygen atoms in total. The van der Waals surface area contributed by atoms with Crippen LogP contribution in [0.25, 0.3) is 12.2 Å². The van der Waals surface area contributed by atoms with E-state index in [1.54, 1.807) is 42.5 Å². The molecular weight excluding hydrogens is 969 g/mol. The van der Waals surface area contributed by atoms with Crippen molar-refractivity contribution in [3.8, 4) is 0 Å². The van der Waals surface area contributed by atoms with Gasteiger partial charge in [-0.15, -0.1) is 4.33 Å². The van der Waals surface area contributed by atoms with Crippen LogP contribution in [0.5, 0.6) is 0 Å². The highest BCUT2D eigenvalue weighted by Crippen LogP contribution is 2.33. The van der Waals surface area contributed by atoms with Gasteiger partial charge in [0.1, 0.15) is 18.0 Å². The van der Waals surface area contributed by atoms with Crippen LogP contribution in [0.15, 0.2) is 46.2 Å². The van der Waals surface area contributed by atoms with Crippen LogP contribution in [-0.2, 0) is 19.5 Å². The molecule has 0 bridgehead atoms. The van der Waals surface area contributed by atoms with Crippen LogP contribution < -0.4 is 30.2 Å². The van der Waals surface area contributed by atoms with Gasteiger partial charge in [-0.3, -0.25) is 4.55 Å². The zero-order valence-corrected chi connectivity index (χ0v) is 43.9. The quantitative estimate of drug-likeness (QED) is 0.0207. The van der Waals surface area contributed by atoms with Crippen LogP contribution in [0, 0.1) is 0 Å². The lowest BCUT2D eigenvalue weighted by Gasteiger charge is -2.42. The van der Waals surface area contributed by atoms with Gasteiger partial charge < -0.3 is 58.4 Å². The summed E-state index contributed by atoms with van der Waals surface area (Å²) in [6, 6.07) is 9.92. The standard InChI is InChI=1S/C46H70N16O8S2/c1-59(2)21-13-55(14-22-59)43-49-41(50-45(53-43)57-17-25-61(5,26-18-57)29-31-63)47-37-11-9-35(39(33-37)71-70-69-65)7-8-36-10-12-38(34-40(36)72(66,67)68)48-42-51-44(56-15-23-60(3,4)24-16-56)54-46(52-42)58-19-27-62(6,28-20-58)30-32-64/h7-12,33-34,63-64H,13-32H2,1-6H3,(H2-2,47,48,49,50,51,52,53,54,65,66,67,68)/q+2/p+2. The summed E-state index contributed by atoms with van der Waals surface area (Å²) < 4.78 is 44.8. The monoisotopic (exact) mass is 1040 g/mol. The molecule has 0 unspecified atom stereocenters. The molecule has 2 aromatic carbocycles. The molecule has 0 aliphatic carbocycles. The average Bonchev–Trinajstić information content (AvgIpc) is 3.33. The van der Waals surface area contributed by atoms with Crippen molar-refractivity contribution in [2.45, 2.75) is 9.79 Å². The predicted octanol–water partition coefficient (Wildman–Crippen LogP) is 1.70. The molecule has 0 spiro atoms. The van der Waals surface area contributed by atoms with Crippen molar-refractivity contribution in [3.05, 3.63) is 47.5 Å². The minimum Gasteiger partial charge on any atom is -0.391 e. The number of aliphatic hydroxyl groups excluding tert-OH is 2. The maximum atomic E-state index is 13.0. The van der Waals surface area contributed by atoms with Gasteiger partial charge in [0.2, 0.25) is 35.7 Å². The Hall–Kier alpha value is -5.10. The van der Waals surface area contributed by atoms with Crippen molar-refractivity contribution in [2.24, 2.45) is 0 Å². The molecule has 2 aromatic heterocycles. The Morgan fingerprint density at radius 2 is 0.958 bits per heavy atom. The summed E-state index contributed by atoms with van der Waals surface area (Å²) in [6.45, 7) is 14.4. The van der Waals surface area contributed by atoms with E-state index in [9.17, 15) is 23.2 Å². The Balaban J connectivity index is 1.04. The molecule has 0 atom stereocenters. The first kappa shape index (κ1) is 53.2. The molecule has 4 fully saturated rings. The summed E-state index contributed by atoms with van der Waals surface area (Å²) in [5.41, 5.74) is 1.68. The Labute approximate surface area is 426 Å². The average molecular weight is 1040 g/mol. The Morgan fingerprint density at radius 3 is 1.35 bits per heavy atom. The van der Waals surface area contributed by atoms with E-state index in [0.717, 1.165) is 109 Å². The van der Waals surface area contributed by atoms with Crippen molar-refractivity contribution in [3.63, 3.8) is 0 Å². The van der Waals surface area contributed by atoms with Crippen LogP contribution in [0.4, 0.5) is 47.1 Å². The number of hydrogen-bond donors (Lipinski definition) is 6. The number of nitrogens with one attached hydrogen (secondary N) is 2. The van der Waals surface area contributed by atoms with E-state index in [1.165, 1.54) is 6.07 Å². The fourth-order valence-electron chi connectivity index (χ4n) is 9.31. The molecule has 0 saturated carbocycles. The van der Waals surface area contributed by atoms with E-state index in [2.05, 4.69) is 77.6 Å². The smallest absolute Gasteiger partial charge is 0.295 e. The van der Waals surface area contributed by atoms with E-state index in [4.69, 9.17) is 39.5 Å². The van der Waals surface area contributed by atoms with Gasteiger partial charge in [-0.1, -0.05) is 29.3 Å². The third-order valence-electron chi connectivity index (χ3n) is 14.6. The number of aromatic nitrogens is 6. The highest BCUT2D eigenvalue weighted by molar-refractivity contribution is 7.94. The first-order valence-electron chi connectivity index (χ1n) is 24.4. The molecule has 4 aliphatic rings. The summed E-state index contributed by atoms with van der Waals surface area (Å²) in [6.07, 6.45) is 3.21. The number of aliphatic hydroxyl groups is 2. The molecule has 0 radical (unpaired) electrons. The second-order valence-corrected chi connectivity index (χ2v) is 23.2. The third kappa shape index (κ3) is 13.5. The number of quaternary nitrogens is 4. The lowest BCUT2D eigenvalue weighted by Crippen LogP contribution is -2.58. The van der Waals surface area contributed by atoms with Gasteiger partial charge >= 0.3 is 0 Å². The van der Waals surface area contributed by atoms with Crippen LogP contribution in [0.1, 0.15) is 11.1 Å². The first-order valence-corrected chi connectivity index (χ1v) is 26.6. The summed E-state index contributed by atoms with van der Waals surface area (Å²) in [4.78, 5) is 37.9.